The number of carbonyl (C=O) groups is 2. The van der Waals surface area contributed by atoms with Gasteiger partial charge in [-0.05, 0) is 32.0 Å². The van der Waals surface area contributed by atoms with Crippen LogP contribution in [-0.2, 0) is 4.79 Å². The quantitative estimate of drug-likeness (QED) is 0.572. The van der Waals surface area contributed by atoms with Gasteiger partial charge in [0, 0.05) is 31.5 Å². The molecule has 0 bridgehead atoms. The molecular weight excluding hydrogens is 288 g/mol. The molecule has 5 heteroatoms. The van der Waals surface area contributed by atoms with Crippen LogP contribution in [0.15, 0.2) is 18.2 Å². The number of halogens is 1. The average Bonchev–Trinajstić information content (AvgIpc) is 2.43. The maximum atomic E-state index is 12.1. The zero-order valence-electron chi connectivity index (χ0n) is 13.0. The molecule has 0 saturated carbocycles. The van der Waals surface area contributed by atoms with Crippen LogP contribution < -0.4 is 10.6 Å². The van der Waals surface area contributed by atoms with Crippen molar-refractivity contribution < 1.29 is 9.59 Å². The molecule has 0 aromatic heterocycles. The molecule has 4 nitrogen and oxygen atoms in total. The number of benzene rings is 1. The fraction of sp³-hybridized carbons (Fsp3) is 0.500. The highest BCUT2D eigenvalue weighted by atomic mass is 35.5. The Kier molecular flexibility index (Phi) is 9.67. The van der Waals surface area contributed by atoms with Crippen LogP contribution in [0.2, 0.25) is 0 Å². The van der Waals surface area contributed by atoms with E-state index in [0.717, 1.165) is 29.8 Å². The Balaban J connectivity index is 0.00000400. The topological polar surface area (TPSA) is 58.2 Å². The van der Waals surface area contributed by atoms with E-state index in [1.807, 2.05) is 39.0 Å². The highest BCUT2D eigenvalue weighted by molar-refractivity contribution is 5.99. The number of likely N-dealkylation sites (N-methyl/N-ethyl adjacent to an activating group) is 1. The lowest BCUT2D eigenvalue weighted by Gasteiger charge is -2.07. The minimum atomic E-state index is -0.0680. The zero-order chi connectivity index (χ0) is 15.0. The number of hydrogen-bond acceptors (Lipinski definition) is 3. The Bertz CT molecular complexity index is 475. The number of ketones is 1. The number of hydrogen-bond donors (Lipinski definition) is 2. The molecule has 0 aliphatic heterocycles. The van der Waals surface area contributed by atoms with Gasteiger partial charge in [0.15, 0.2) is 5.78 Å². The highest BCUT2D eigenvalue weighted by Gasteiger charge is 2.11. The van der Waals surface area contributed by atoms with Gasteiger partial charge in [-0.1, -0.05) is 24.6 Å². The summed E-state index contributed by atoms with van der Waals surface area (Å²) >= 11 is 0. The van der Waals surface area contributed by atoms with Crippen molar-refractivity contribution in [1.29, 1.82) is 0 Å². The van der Waals surface area contributed by atoms with Crippen molar-refractivity contribution in [2.45, 2.75) is 33.6 Å². The van der Waals surface area contributed by atoms with E-state index in [1.54, 1.807) is 0 Å². The number of aryl methyl sites for hydroxylation is 2. The lowest BCUT2D eigenvalue weighted by molar-refractivity contribution is -0.121. The Hall–Kier alpha value is -1.39. The molecule has 0 atom stereocenters. The van der Waals surface area contributed by atoms with Gasteiger partial charge in [0.05, 0.1) is 0 Å². The lowest BCUT2D eigenvalue weighted by Crippen LogP contribution is -2.31. The van der Waals surface area contributed by atoms with Crippen molar-refractivity contribution in [1.82, 2.24) is 10.6 Å². The molecule has 2 N–H and O–H groups in total. The van der Waals surface area contributed by atoms with Crippen molar-refractivity contribution >= 4 is 24.1 Å². The first kappa shape index (κ1) is 19.6. The zero-order valence-corrected chi connectivity index (χ0v) is 13.8. The molecule has 0 heterocycles. The Morgan fingerprint density at radius 2 is 1.81 bits per heavy atom. The minimum Gasteiger partial charge on any atom is -0.355 e. The summed E-state index contributed by atoms with van der Waals surface area (Å²) in [5, 5.41) is 5.92. The van der Waals surface area contributed by atoms with E-state index in [1.165, 1.54) is 0 Å². The monoisotopic (exact) mass is 312 g/mol. The van der Waals surface area contributed by atoms with Crippen LogP contribution in [0.5, 0.6) is 0 Å². The van der Waals surface area contributed by atoms with E-state index in [2.05, 4.69) is 10.6 Å². The lowest BCUT2D eigenvalue weighted by atomic mass is 9.99. The predicted octanol–water partition coefficient (Wildman–Crippen LogP) is 2.41. The second-order valence-electron chi connectivity index (χ2n) is 4.95. The largest absolute Gasteiger partial charge is 0.355 e. The SMILES string of the molecule is CCNCCNC(=O)CCC(=O)c1cc(C)ccc1C.Cl. The Morgan fingerprint density at radius 1 is 1.10 bits per heavy atom. The predicted molar refractivity (Wildman–Crippen MR) is 88.3 cm³/mol. The molecule has 0 saturated heterocycles. The second-order valence-corrected chi connectivity index (χ2v) is 4.95. The van der Waals surface area contributed by atoms with Crippen LogP contribution in [0.25, 0.3) is 0 Å². The van der Waals surface area contributed by atoms with Gasteiger partial charge in [0.25, 0.3) is 0 Å². The molecule has 1 aromatic rings. The van der Waals surface area contributed by atoms with E-state index in [0.29, 0.717) is 6.54 Å². The molecule has 0 aliphatic rings. The summed E-state index contributed by atoms with van der Waals surface area (Å²) in [4.78, 5) is 23.7. The first-order valence-electron chi connectivity index (χ1n) is 7.12. The molecule has 0 fully saturated rings. The number of amides is 1. The molecule has 1 amide bonds. The normalized spacial score (nSPS) is 9.86. The van der Waals surface area contributed by atoms with Crippen LogP contribution in [0.3, 0.4) is 0 Å². The van der Waals surface area contributed by atoms with Crippen LogP contribution >= 0.6 is 12.4 Å². The number of rotatable bonds is 8. The molecule has 0 aliphatic carbocycles. The van der Waals surface area contributed by atoms with Gasteiger partial charge < -0.3 is 10.6 Å². The van der Waals surface area contributed by atoms with E-state index in [4.69, 9.17) is 0 Å². The van der Waals surface area contributed by atoms with Gasteiger partial charge in [0.1, 0.15) is 0 Å². The Morgan fingerprint density at radius 3 is 2.48 bits per heavy atom. The molecule has 0 unspecified atom stereocenters. The van der Waals surface area contributed by atoms with Crippen molar-refractivity contribution in [2.24, 2.45) is 0 Å². The molecular formula is C16H25ClN2O2. The Labute approximate surface area is 133 Å². The summed E-state index contributed by atoms with van der Waals surface area (Å²) in [6.07, 6.45) is 0.510. The molecule has 118 valence electrons. The van der Waals surface area contributed by atoms with Gasteiger partial charge >= 0.3 is 0 Å². The van der Waals surface area contributed by atoms with Gasteiger partial charge in [-0.3, -0.25) is 9.59 Å². The van der Waals surface area contributed by atoms with Crippen LogP contribution in [0.1, 0.15) is 41.3 Å². The van der Waals surface area contributed by atoms with Crippen LogP contribution in [0.4, 0.5) is 0 Å². The number of carbonyl (C=O) groups excluding carboxylic acids is 2. The summed E-state index contributed by atoms with van der Waals surface area (Å²) in [5.74, 6) is -0.0328. The summed E-state index contributed by atoms with van der Waals surface area (Å²) in [6.45, 7) is 8.15. The third-order valence-electron chi connectivity index (χ3n) is 3.15. The fourth-order valence-electron chi connectivity index (χ4n) is 1.95. The molecule has 1 rings (SSSR count). The third kappa shape index (κ3) is 7.25. The van der Waals surface area contributed by atoms with Crippen molar-refractivity contribution in [2.75, 3.05) is 19.6 Å². The smallest absolute Gasteiger partial charge is 0.220 e. The van der Waals surface area contributed by atoms with E-state index < -0.39 is 0 Å². The number of nitrogens with one attached hydrogen (secondary N) is 2. The molecule has 0 spiro atoms. The summed E-state index contributed by atoms with van der Waals surface area (Å²) < 4.78 is 0. The summed E-state index contributed by atoms with van der Waals surface area (Å²) in [6, 6.07) is 5.82. The maximum Gasteiger partial charge on any atom is 0.220 e. The van der Waals surface area contributed by atoms with Crippen molar-refractivity contribution in [3.05, 3.63) is 34.9 Å². The van der Waals surface area contributed by atoms with Gasteiger partial charge in [-0.2, -0.15) is 0 Å². The van der Waals surface area contributed by atoms with Gasteiger partial charge in [0.2, 0.25) is 5.91 Å². The highest BCUT2D eigenvalue weighted by Crippen LogP contribution is 2.13. The standard InChI is InChI=1S/C16H24N2O2.ClH/c1-4-17-9-10-18-16(20)8-7-15(19)14-11-12(2)5-6-13(14)3;/h5-6,11,17H,4,7-10H2,1-3H3,(H,18,20);1H. The molecule has 21 heavy (non-hydrogen) atoms. The van der Waals surface area contributed by atoms with Gasteiger partial charge in [-0.15, -0.1) is 12.4 Å². The minimum absolute atomic E-state index is 0. The van der Waals surface area contributed by atoms with Crippen molar-refractivity contribution in [3.8, 4) is 0 Å². The van der Waals surface area contributed by atoms with E-state index in [-0.39, 0.29) is 36.9 Å². The molecule has 1 aromatic carbocycles. The number of Topliss-reactive ketones (excluding diaryl/α,β-unsaturated/α-hetero) is 1. The summed E-state index contributed by atoms with van der Waals surface area (Å²) in [5.41, 5.74) is 2.76. The third-order valence-corrected chi connectivity index (χ3v) is 3.15. The maximum absolute atomic E-state index is 12.1. The first-order valence-corrected chi connectivity index (χ1v) is 7.12. The first-order chi connectivity index (χ1) is 9.54. The van der Waals surface area contributed by atoms with Crippen molar-refractivity contribution in [3.63, 3.8) is 0 Å². The molecule has 0 radical (unpaired) electrons. The second kappa shape index (κ2) is 10.4. The van der Waals surface area contributed by atoms with E-state index >= 15 is 0 Å². The fourth-order valence-corrected chi connectivity index (χ4v) is 1.95. The van der Waals surface area contributed by atoms with E-state index in [9.17, 15) is 9.59 Å². The van der Waals surface area contributed by atoms with Crippen LogP contribution in [-0.4, -0.2) is 31.3 Å². The van der Waals surface area contributed by atoms with Gasteiger partial charge in [-0.25, -0.2) is 0 Å². The summed E-state index contributed by atoms with van der Waals surface area (Å²) in [7, 11) is 0. The van der Waals surface area contributed by atoms with Crippen LogP contribution in [0, 0.1) is 13.8 Å². The average molecular weight is 313 g/mol.